The van der Waals surface area contributed by atoms with Crippen LogP contribution in [0.3, 0.4) is 0 Å². The molecule has 0 aliphatic carbocycles. The maximum Gasteiger partial charge on any atom is 0.416 e. The summed E-state index contributed by atoms with van der Waals surface area (Å²) >= 11 is 0. The molecule has 0 aromatic heterocycles. The molecule has 0 unspecified atom stereocenters. The summed E-state index contributed by atoms with van der Waals surface area (Å²) in [6.07, 6.45) is -3.03. The van der Waals surface area contributed by atoms with E-state index >= 15 is 0 Å². The molecule has 0 saturated carbocycles. The van der Waals surface area contributed by atoms with Crippen molar-refractivity contribution in [2.24, 2.45) is 0 Å². The number of ether oxygens (including phenoxy) is 1. The first-order valence-corrected chi connectivity index (χ1v) is 6.15. The molecule has 1 heterocycles. The van der Waals surface area contributed by atoms with Crippen LogP contribution in [-0.4, -0.2) is 19.2 Å². The Bertz CT molecular complexity index is 427. The van der Waals surface area contributed by atoms with Crippen LogP contribution in [-0.2, 0) is 17.5 Å². The molecule has 6 heteroatoms. The normalized spacial score (nSPS) is 17.7. The third kappa shape index (κ3) is 3.91. The van der Waals surface area contributed by atoms with E-state index in [0.29, 0.717) is 6.07 Å². The quantitative estimate of drug-likeness (QED) is 0.857. The van der Waals surface area contributed by atoms with Gasteiger partial charge in [-0.1, -0.05) is 6.07 Å². The zero-order valence-electron chi connectivity index (χ0n) is 10.3. The minimum atomic E-state index is -4.56. The van der Waals surface area contributed by atoms with E-state index in [1.54, 1.807) is 0 Å². The minimum Gasteiger partial charge on any atom is -0.373 e. The van der Waals surface area contributed by atoms with Gasteiger partial charge < -0.3 is 10.1 Å². The maximum absolute atomic E-state index is 12.9. The molecule has 106 valence electrons. The molecule has 1 aliphatic rings. The number of alkyl halides is 3. The monoisotopic (exact) mass is 277 g/mol. The van der Waals surface area contributed by atoms with Crippen molar-refractivity contribution in [3.8, 4) is 0 Å². The van der Waals surface area contributed by atoms with Crippen LogP contribution in [0.15, 0.2) is 18.2 Å². The number of piperidine rings is 1. The molecule has 2 nitrogen and oxygen atoms in total. The number of halogens is 4. The van der Waals surface area contributed by atoms with E-state index in [1.165, 1.54) is 0 Å². The van der Waals surface area contributed by atoms with E-state index in [9.17, 15) is 17.6 Å². The molecule has 0 amide bonds. The lowest BCUT2D eigenvalue weighted by Crippen LogP contribution is -2.32. The fourth-order valence-electron chi connectivity index (χ4n) is 2.11. The Morgan fingerprint density at radius 1 is 1.21 bits per heavy atom. The summed E-state index contributed by atoms with van der Waals surface area (Å²) in [6, 6.07) is 2.68. The molecule has 1 aromatic carbocycles. The zero-order valence-corrected chi connectivity index (χ0v) is 10.3. The van der Waals surface area contributed by atoms with Gasteiger partial charge in [-0.2, -0.15) is 13.2 Å². The summed E-state index contributed by atoms with van der Waals surface area (Å²) in [7, 11) is 0. The highest BCUT2D eigenvalue weighted by atomic mass is 19.4. The van der Waals surface area contributed by atoms with Crippen molar-refractivity contribution >= 4 is 0 Å². The summed E-state index contributed by atoms with van der Waals surface area (Å²) in [5.74, 6) is -0.891. The number of benzene rings is 1. The number of rotatable bonds is 3. The van der Waals surface area contributed by atoms with Crippen molar-refractivity contribution in [1.82, 2.24) is 5.32 Å². The highest BCUT2D eigenvalue weighted by molar-refractivity contribution is 5.29. The van der Waals surface area contributed by atoms with Gasteiger partial charge in [-0.25, -0.2) is 4.39 Å². The highest BCUT2D eigenvalue weighted by Gasteiger charge is 2.33. The molecule has 0 atom stereocenters. The van der Waals surface area contributed by atoms with Gasteiger partial charge in [0.05, 0.1) is 18.3 Å². The lowest BCUT2D eigenvalue weighted by Gasteiger charge is -2.23. The first kappa shape index (κ1) is 14.3. The van der Waals surface area contributed by atoms with Gasteiger partial charge >= 0.3 is 6.18 Å². The topological polar surface area (TPSA) is 21.3 Å². The molecule has 1 N–H and O–H groups in total. The Morgan fingerprint density at radius 3 is 2.53 bits per heavy atom. The summed E-state index contributed by atoms with van der Waals surface area (Å²) in [5.41, 5.74) is -0.978. The lowest BCUT2D eigenvalue weighted by atomic mass is 10.1. The van der Waals surface area contributed by atoms with E-state index in [-0.39, 0.29) is 18.3 Å². The summed E-state index contributed by atoms with van der Waals surface area (Å²) in [6.45, 7) is 1.47. The second-order valence-corrected chi connectivity index (χ2v) is 4.56. The van der Waals surface area contributed by atoms with Crippen molar-refractivity contribution in [3.63, 3.8) is 0 Å². The molecule has 1 saturated heterocycles. The van der Waals surface area contributed by atoms with Crippen LogP contribution in [0.1, 0.15) is 24.0 Å². The molecule has 0 bridgehead atoms. The van der Waals surface area contributed by atoms with Crippen LogP contribution >= 0.6 is 0 Å². The molecular weight excluding hydrogens is 262 g/mol. The number of hydrogen-bond acceptors (Lipinski definition) is 2. The second kappa shape index (κ2) is 5.88. The molecule has 0 radical (unpaired) electrons. The van der Waals surface area contributed by atoms with Crippen molar-refractivity contribution in [2.75, 3.05) is 13.1 Å². The van der Waals surface area contributed by atoms with Crippen molar-refractivity contribution in [3.05, 3.63) is 35.1 Å². The summed E-state index contributed by atoms with van der Waals surface area (Å²) in [4.78, 5) is 0. The largest absolute Gasteiger partial charge is 0.416 e. The predicted octanol–water partition coefficient (Wildman–Crippen LogP) is 3.11. The van der Waals surface area contributed by atoms with Gasteiger partial charge in [0.2, 0.25) is 0 Å². The van der Waals surface area contributed by atoms with E-state index in [1.807, 2.05) is 0 Å². The van der Waals surface area contributed by atoms with E-state index in [0.717, 1.165) is 38.1 Å². The van der Waals surface area contributed by atoms with Crippen molar-refractivity contribution in [1.29, 1.82) is 0 Å². The molecule has 1 fully saturated rings. The highest BCUT2D eigenvalue weighted by Crippen LogP contribution is 2.33. The average molecular weight is 277 g/mol. The van der Waals surface area contributed by atoms with Gasteiger partial charge in [0, 0.05) is 0 Å². The third-order valence-corrected chi connectivity index (χ3v) is 3.14. The fraction of sp³-hybridized carbons (Fsp3) is 0.538. The van der Waals surface area contributed by atoms with Gasteiger partial charge in [-0.15, -0.1) is 0 Å². The fourth-order valence-corrected chi connectivity index (χ4v) is 2.11. The summed E-state index contributed by atoms with van der Waals surface area (Å²) in [5, 5.41) is 3.15. The van der Waals surface area contributed by atoms with Crippen LogP contribution < -0.4 is 5.32 Å². The van der Waals surface area contributed by atoms with E-state index < -0.39 is 17.6 Å². The van der Waals surface area contributed by atoms with Gasteiger partial charge in [0.25, 0.3) is 0 Å². The maximum atomic E-state index is 12.9. The zero-order chi connectivity index (χ0) is 13.9. The standard InChI is InChI=1S/C13H15F4NO/c14-10-2-1-9(12(7-10)13(15,16)17)8-19-11-3-5-18-6-4-11/h1-2,7,11,18H,3-6,8H2. The van der Waals surface area contributed by atoms with Crippen LogP contribution in [0.4, 0.5) is 17.6 Å². The lowest BCUT2D eigenvalue weighted by molar-refractivity contribution is -0.139. The Hall–Kier alpha value is -1.14. The molecule has 1 aromatic rings. The van der Waals surface area contributed by atoms with Crippen LogP contribution in [0.2, 0.25) is 0 Å². The smallest absolute Gasteiger partial charge is 0.373 e. The van der Waals surface area contributed by atoms with Crippen LogP contribution in [0, 0.1) is 5.82 Å². The number of hydrogen-bond donors (Lipinski definition) is 1. The second-order valence-electron chi connectivity index (χ2n) is 4.56. The van der Waals surface area contributed by atoms with Crippen LogP contribution in [0.25, 0.3) is 0 Å². The first-order valence-electron chi connectivity index (χ1n) is 6.15. The molecule has 19 heavy (non-hydrogen) atoms. The molecule has 0 spiro atoms. The van der Waals surface area contributed by atoms with Gasteiger partial charge in [0.15, 0.2) is 0 Å². The third-order valence-electron chi connectivity index (χ3n) is 3.14. The summed E-state index contributed by atoms with van der Waals surface area (Å²) < 4.78 is 56.7. The Kier molecular flexibility index (Phi) is 4.42. The molecular formula is C13H15F4NO. The molecule has 1 aliphatic heterocycles. The Balaban J connectivity index is 2.06. The first-order chi connectivity index (χ1) is 8.97. The minimum absolute atomic E-state index is 0.0209. The molecule has 2 rings (SSSR count). The average Bonchev–Trinajstić information content (AvgIpc) is 2.37. The van der Waals surface area contributed by atoms with Gasteiger partial charge in [-0.3, -0.25) is 0 Å². The van der Waals surface area contributed by atoms with E-state index in [2.05, 4.69) is 5.32 Å². The van der Waals surface area contributed by atoms with Crippen molar-refractivity contribution < 1.29 is 22.3 Å². The Labute approximate surface area is 108 Å². The number of nitrogens with one attached hydrogen (secondary N) is 1. The van der Waals surface area contributed by atoms with Gasteiger partial charge in [-0.05, 0) is 43.6 Å². The van der Waals surface area contributed by atoms with E-state index in [4.69, 9.17) is 4.74 Å². The Morgan fingerprint density at radius 2 is 1.89 bits per heavy atom. The predicted molar refractivity (Wildman–Crippen MR) is 62.1 cm³/mol. The SMILES string of the molecule is Fc1ccc(COC2CCNCC2)c(C(F)(F)F)c1. The van der Waals surface area contributed by atoms with Gasteiger partial charge in [0.1, 0.15) is 5.82 Å². The van der Waals surface area contributed by atoms with Crippen molar-refractivity contribution in [2.45, 2.75) is 31.7 Å². The van der Waals surface area contributed by atoms with Crippen LogP contribution in [0.5, 0.6) is 0 Å².